The number of nitrogens with zero attached hydrogens (tertiary/aromatic N) is 3. The van der Waals surface area contributed by atoms with Crippen LogP contribution in [0.3, 0.4) is 0 Å². The lowest BCUT2D eigenvalue weighted by Gasteiger charge is -2.10. The molecular formula is C13H8Cl2N4O4. The number of carbonyl (C=O) groups is 1. The zero-order valence-corrected chi connectivity index (χ0v) is 13.1. The van der Waals surface area contributed by atoms with Crippen molar-refractivity contribution in [2.45, 2.75) is 0 Å². The standard InChI is InChI=1S/C13H8Cl2N4O4/c1-23-13(20)12-11(17)6(4-16)5-18(12)9-2-8(15)10(19(21)22)3-7(9)14/h2-3,5H,17H2,1H3. The van der Waals surface area contributed by atoms with Crippen molar-refractivity contribution < 1.29 is 14.5 Å². The van der Waals surface area contributed by atoms with Gasteiger partial charge in [-0.2, -0.15) is 5.26 Å². The van der Waals surface area contributed by atoms with Gasteiger partial charge in [0, 0.05) is 12.3 Å². The van der Waals surface area contributed by atoms with Crippen molar-refractivity contribution in [3.63, 3.8) is 0 Å². The van der Waals surface area contributed by atoms with Crippen LogP contribution in [0.1, 0.15) is 16.1 Å². The Labute approximate surface area is 139 Å². The molecule has 0 atom stereocenters. The van der Waals surface area contributed by atoms with Gasteiger partial charge in [-0.25, -0.2) is 4.79 Å². The number of nitriles is 1. The molecule has 1 aromatic carbocycles. The van der Waals surface area contributed by atoms with Crippen molar-refractivity contribution >= 4 is 40.5 Å². The van der Waals surface area contributed by atoms with E-state index < -0.39 is 10.9 Å². The molecule has 2 rings (SSSR count). The minimum Gasteiger partial charge on any atom is -0.464 e. The molecule has 0 saturated heterocycles. The van der Waals surface area contributed by atoms with Gasteiger partial charge in [0.1, 0.15) is 11.1 Å². The monoisotopic (exact) mass is 354 g/mol. The molecule has 10 heteroatoms. The van der Waals surface area contributed by atoms with Crippen LogP contribution in [0.15, 0.2) is 18.3 Å². The number of anilines is 1. The average Bonchev–Trinajstić information content (AvgIpc) is 2.84. The highest BCUT2D eigenvalue weighted by Gasteiger charge is 2.25. The number of halogens is 2. The summed E-state index contributed by atoms with van der Waals surface area (Å²) in [5.74, 6) is -0.797. The molecule has 0 unspecified atom stereocenters. The van der Waals surface area contributed by atoms with Gasteiger partial charge < -0.3 is 15.0 Å². The van der Waals surface area contributed by atoms with Crippen molar-refractivity contribution in [2.24, 2.45) is 0 Å². The third-order valence-corrected chi connectivity index (χ3v) is 3.62. The summed E-state index contributed by atoms with van der Waals surface area (Å²) in [5, 5.41) is 19.7. The normalized spacial score (nSPS) is 10.2. The highest BCUT2D eigenvalue weighted by Crippen LogP contribution is 2.35. The first kappa shape index (κ1) is 16.6. The Morgan fingerprint density at radius 2 is 2.09 bits per heavy atom. The van der Waals surface area contributed by atoms with Crippen molar-refractivity contribution in [1.82, 2.24) is 4.57 Å². The fourth-order valence-corrected chi connectivity index (χ4v) is 2.43. The second kappa shape index (κ2) is 6.16. The first-order valence-corrected chi connectivity index (χ1v) is 6.70. The van der Waals surface area contributed by atoms with Crippen molar-refractivity contribution in [1.29, 1.82) is 5.26 Å². The summed E-state index contributed by atoms with van der Waals surface area (Å²) in [6.45, 7) is 0. The van der Waals surface area contributed by atoms with Gasteiger partial charge in [0.2, 0.25) is 0 Å². The van der Waals surface area contributed by atoms with Gasteiger partial charge in [0.05, 0.1) is 34.0 Å². The molecule has 1 aromatic heterocycles. The van der Waals surface area contributed by atoms with Crippen molar-refractivity contribution in [2.75, 3.05) is 12.8 Å². The minimum absolute atomic E-state index is 0.0240. The maximum Gasteiger partial charge on any atom is 0.357 e. The molecule has 0 aliphatic rings. The van der Waals surface area contributed by atoms with E-state index in [0.717, 1.165) is 13.2 Å². The number of esters is 1. The Kier molecular flexibility index (Phi) is 4.45. The Morgan fingerprint density at radius 1 is 1.43 bits per heavy atom. The molecule has 0 bridgehead atoms. The predicted octanol–water partition coefficient (Wildman–Crippen LogP) is 2.93. The van der Waals surface area contributed by atoms with E-state index in [1.54, 1.807) is 0 Å². The van der Waals surface area contributed by atoms with Gasteiger partial charge in [-0.3, -0.25) is 10.1 Å². The van der Waals surface area contributed by atoms with Gasteiger partial charge in [-0.15, -0.1) is 0 Å². The summed E-state index contributed by atoms with van der Waals surface area (Å²) in [6, 6.07) is 4.08. The number of nitrogen functional groups attached to an aromatic ring is 1. The lowest BCUT2D eigenvalue weighted by atomic mass is 10.2. The minimum atomic E-state index is -0.797. The van der Waals surface area contributed by atoms with E-state index in [1.807, 2.05) is 6.07 Å². The highest BCUT2D eigenvalue weighted by atomic mass is 35.5. The van der Waals surface area contributed by atoms with Crippen LogP contribution >= 0.6 is 23.2 Å². The van der Waals surface area contributed by atoms with E-state index in [0.29, 0.717) is 0 Å². The fourth-order valence-electron chi connectivity index (χ4n) is 1.95. The Morgan fingerprint density at radius 3 is 2.61 bits per heavy atom. The SMILES string of the molecule is COC(=O)c1c(N)c(C#N)cn1-c1cc(Cl)c([N+](=O)[O-])cc1Cl. The third kappa shape index (κ3) is 2.79. The molecule has 0 spiro atoms. The van der Waals surface area contributed by atoms with Crippen LogP contribution in [0, 0.1) is 21.4 Å². The zero-order chi connectivity index (χ0) is 17.3. The van der Waals surface area contributed by atoms with Gasteiger partial charge >= 0.3 is 5.97 Å². The summed E-state index contributed by atoms with van der Waals surface area (Å²) in [6.07, 6.45) is 1.27. The number of rotatable bonds is 3. The van der Waals surface area contributed by atoms with E-state index in [-0.39, 0.29) is 38.4 Å². The second-order valence-corrected chi connectivity index (χ2v) is 5.10. The van der Waals surface area contributed by atoms with Crippen LogP contribution in [0.2, 0.25) is 10.0 Å². The Balaban J connectivity index is 2.77. The first-order chi connectivity index (χ1) is 10.8. The van der Waals surface area contributed by atoms with Crippen LogP contribution in [0.4, 0.5) is 11.4 Å². The number of hydrogen-bond acceptors (Lipinski definition) is 6. The molecule has 0 radical (unpaired) electrons. The van der Waals surface area contributed by atoms with E-state index in [4.69, 9.17) is 34.2 Å². The molecule has 2 N–H and O–H groups in total. The van der Waals surface area contributed by atoms with Crippen LogP contribution in [0.5, 0.6) is 0 Å². The van der Waals surface area contributed by atoms with Gasteiger partial charge in [0.15, 0.2) is 5.69 Å². The quantitative estimate of drug-likeness (QED) is 0.513. The zero-order valence-electron chi connectivity index (χ0n) is 11.5. The molecule has 8 nitrogen and oxygen atoms in total. The number of ether oxygens (including phenoxy) is 1. The Bertz CT molecular complexity index is 870. The van der Waals surface area contributed by atoms with Crippen LogP contribution < -0.4 is 5.73 Å². The lowest BCUT2D eigenvalue weighted by molar-refractivity contribution is -0.384. The molecule has 2 aromatic rings. The predicted molar refractivity (Wildman–Crippen MR) is 82.9 cm³/mol. The molecule has 118 valence electrons. The number of nitro groups is 1. The van der Waals surface area contributed by atoms with Gasteiger partial charge in [-0.1, -0.05) is 23.2 Å². The molecule has 1 heterocycles. The molecule has 0 aliphatic heterocycles. The molecule has 0 saturated carbocycles. The van der Waals surface area contributed by atoms with E-state index in [9.17, 15) is 14.9 Å². The summed E-state index contributed by atoms with van der Waals surface area (Å²) >= 11 is 11.9. The number of methoxy groups -OCH3 is 1. The smallest absolute Gasteiger partial charge is 0.357 e. The van der Waals surface area contributed by atoms with Crippen molar-refractivity contribution in [3.8, 4) is 11.8 Å². The second-order valence-electron chi connectivity index (χ2n) is 4.29. The number of aromatic nitrogens is 1. The number of benzene rings is 1. The number of nitrogens with two attached hydrogens (primary N) is 1. The molecule has 23 heavy (non-hydrogen) atoms. The van der Waals surface area contributed by atoms with Crippen LogP contribution in [0.25, 0.3) is 5.69 Å². The largest absolute Gasteiger partial charge is 0.464 e. The van der Waals surface area contributed by atoms with Crippen LogP contribution in [-0.4, -0.2) is 22.6 Å². The van der Waals surface area contributed by atoms with E-state index in [2.05, 4.69) is 4.74 Å². The molecule has 0 amide bonds. The first-order valence-electron chi connectivity index (χ1n) is 5.94. The maximum absolute atomic E-state index is 11.9. The average molecular weight is 355 g/mol. The Hall–Kier alpha value is -2.76. The number of nitro benzene ring substituents is 1. The third-order valence-electron chi connectivity index (χ3n) is 3.02. The van der Waals surface area contributed by atoms with Crippen molar-refractivity contribution in [3.05, 3.63) is 49.7 Å². The summed E-state index contributed by atoms with van der Waals surface area (Å²) in [5.41, 5.74) is 5.33. The van der Waals surface area contributed by atoms with E-state index in [1.165, 1.54) is 16.8 Å². The number of hydrogen-bond donors (Lipinski definition) is 1. The summed E-state index contributed by atoms with van der Waals surface area (Å²) in [4.78, 5) is 22.1. The van der Waals surface area contributed by atoms with E-state index >= 15 is 0 Å². The molecule has 0 fully saturated rings. The highest BCUT2D eigenvalue weighted by molar-refractivity contribution is 6.36. The molecular weight excluding hydrogens is 347 g/mol. The molecule has 0 aliphatic carbocycles. The van der Waals surface area contributed by atoms with Crippen LogP contribution in [-0.2, 0) is 4.74 Å². The topological polar surface area (TPSA) is 124 Å². The van der Waals surface area contributed by atoms with Gasteiger partial charge in [-0.05, 0) is 6.07 Å². The summed E-state index contributed by atoms with van der Waals surface area (Å²) in [7, 11) is 1.15. The summed E-state index contributed by atoms with van der Waals surface area (Å²) < 4.78 is 5.84. The maximum atomic E-state index is 11.9. The number of carbonyl (C=O) groups excluding carboxylic acids is 1. The fraction of sp³-hybridized carbons (Fsp3) is 0.0769. The lowest BCUT2D eigenvalue weighted by Crippen LogP contribution is -2.11. The van der Waals surface area contributed by atoms with Gasteiger partial charge in [0.25, 0.3) is 5.69 Å².